The minimum absolute atomic E-state index is 0.0237. The van der Waals surface area contributed by atoms with Crippen LogP contribution in [-0.4, -0.2) is 57.1 Å². The highest BCUT2D eigenvalue weighted by Crippen LogP contribution is 2.20. The Bertz CT molecular complexity index is 759. The lowest BCUT2D eigenvalue weighted by Gasteiger charge is -2.32. The van der Waals surface area contributed by atoms with Crippen LogP contribution >= 0.6 is 11.6 Å². The van der Waals surface area contributed by atoms with Crippen molar-refractivity contribution in [2.75, 3.05) is 44.6 Å². The Morgan fingerprint density at radius 3 is 2.60 bits per heavy atom. The smallest absolute Gasteiger partial charge is 0.279 e. The summed E-state index contributed by atoms with van der Waals surface area (Å²) in [6, 6.07) is 7.22. The molecule has 0 bridgehead atoms. The molecule has 164 valence electrons. The van der Waals surface area contributed by atoms with Gasteiger partial charge in [0.05, 0.1) is 10.7 Å². The highest BCUT2D eigenvalue weighted by atomic mass is 35.5. The highest BCUT2D eigenvalue weighted by molar-refractivity contribution is 6.33. The van der Waals surface area contributed by atoms with E-state index in [0.29, 0.717) is 17.3 Å². The van der Waals surface area contributed by atoms with E-state index in [1.54, 1.807) is 6.07 Å². The lowest BCUT2D eigenvalue weighted by Crippen LogP contribution is -3.30. The van der Waals surface area contributed by atoms with Gasteiger partial charge in [-0.15, -0.1) is 0 Å². The number of hydrogen-bond donors (Lipinski definition) is 4. The zero-order chi connectivity index (χ0) is 21.3. The maximum absolute atomic E-state index is 12.5. The molecule has 1 saturated heterocycles. The summed E-state index contributed by atoms with van der Waals surface area (Å²) in [7, 11) is 0. The number of carbonyl (C=O) groups is 2. The number of para-hydroxylation sites is 1. The van der Waals surface area contributed by atoms with Gasteiger partial charge in [0.2, 0.25) is 0 Å². The van der Waals surface area contributed by atoms with Gasteiger partial charge >= 0.3 is 0 Å². The van der Waals surface area contributed by atoms with Gasteiger partial charge in [-0.2, -0.15) is 0 Å². The van der Waals surface area contributed by atoms with E-state index in [-0.39, 0.29) is 17.9 Å². The van der Waals surface area contributed by atoms with Gasteiger partial charge in [-0.05, 0) is 51.2 Å². The normalized spacial score (nSPS) is 22.7. The monoisotopic (exact) mass is 434 g/mol. The number of quaternary nitrogens is 2. The van der Waals surface area contributed by atoms with Crippen molar-refractivity contribution >= 4 is 29.1 Å². The molecule has 1 heterocycles. The summed E-state index contributed by atoms with van der Waals surface area (Å²) >= 11 is 6.11. The lowest BCUT2D eigenvalue weighted by molar-refractivity contribution is -1.01. The second-order valence-electron chi connectivity index (χ2n) is 8.48. The maximum atomic E-state index is 12.5. The Hall–Kier alpha value is -1.89. The molecular weight excluding hydrogens is 400 g/mol. The van der Waals surface area contributed by atoms with Crippen LogP contribution in [0.15, 0.2) is 35.9 Å². The van der Waals surface area contributed by atoms with Crippen molar-refractivity contribution in [3.63, 3.8) is 0 Å². The summed E-state index contributed by atoms with van der Waals surface area (Å²) in [5.41, 5.74) is 2.15. The van der Waals surface area contributed by atoms with Crippen LogP contribution in [0.2, 0.25) is 5.02 Å². The van der Waals surface area contributed by atoms with Crippen LogP contribution in [0, 0.1) is 0 Å². The molecule has 2 aliphatic rings. The first-order valence-corrected chi connectivity index (χ1v) is 11.6. The minimum atomic E-state index is -0.0520. The summed E-state index contributed by atoms with van der Waals surface area (Å²) < 4.78 is 0. The van der Waals surface area contributed by atoms with Crippen molar-refractivity contribution < 1.29 is 19.4 Å². The van der Waals surface area contributed by atoms with Crippen LogP contribution in [0.3, 0.4) is 0 Å². The first kappa shape index (κ1) is 22.8. The first-order valence-electron chi connectivity index (χ1n) is 11.2. The predicted molar refractivity (Wildman–Crippen MR) is 120 cm³/mol. The molecule has 1 fully saturated rings. The molecule has 1 aromatic rings. The molecule has 1 aliphatic heterocycles. The van der Waals surface area contributed by atoms with Gasteiger partial charge < -0.3 is 20.4 Å². The fraction of sp³-hybridized carbons (Fsp3) is 0.565. The molecule has 1 aliphatic carbocycles. The Kier molecular flexibility index (Phi) is 8.73. The van der Waals surface area contributed by atoms with E-state index in [2.05, 4.69) is 16.7 Å². The second-order valence-corrected chi connectivity index (χ2v) is 8.89. The van der Waals surface area contributed by atoms with E-state index in [0.717, 1.165) is 39.1 Å². The third-order valence-electron chi connectivity index (χ3n) is 6.29. The van der Waals surface area contributed by atoms with Crippen LogP contribution in [-0.2, 0) is 9.59 Å². The van der Waals surface area contributed by atoms with E-state index < -0.39 is 0 Å². The Morgan fingerprint density at radius 1 is 1.13 bits per heavy atom. The SMILES string of the molecule is C[C@H](C(=O)NCCC1=CCCCC1)[NH+]1CC[NH+](CC(=O)Nc2ccccc2Cl)CC1. The van der Waals surface area contributed by atoms with Crippen molar-refractivity contribution in [2.24, 2.45) is 0 Å². The topological polar surface area (TPSA) is 67.1 Å². The van der Waals surface area contributed by atoms with E-state index in [4.69, 9.17) is 11.6 Å². The van der Waals surface area contributed by atoms with Gasteiger partial charge in [0.1, 0.15) is 26.2 Å². The molecule has 3 rings (SSSR count). The molecule has 0 saturated carbocycles. The molecule has 30 heavy (non-hydrogen) atoms. The summed E-state index contributed by atoms with van der Waals surface area (Å²) in [5.74, 6) is 0.116. The Morgan fingerprint density at radius 2 is 1.90 bits per heavy atom. The number of piperazine rings is 1. The third kappa shape index (κ3) is 6.83. The van der Waals surface area contributed by atoms with E-state index in [9.17, 15) is 9.59 Å². The standard InChI is InChI=1S/C23H33ClN4O2/c1-18(23(30)25-12-11-19-7-3-2-4-8-19)28-15-13-27(14-16-28)17-22(29)26-21-10-6-5-9-20(21)24/h5-7,9-10,18H,2-4,8,11-17H2,1H3,(H,25,30)(H,26,29)/p+2/t18-/m1/s1. The molecule has 2 amide bonds. The van der Waals surface area contributed by atoms with Crippen LogP contribution in [0.1, 0.15) is 39.0 Å². The summed E-state index contributed by atoms with van der Waals surface area (Å²) in [4.78, 5) is 27.4. The number of nitrogens with one attached hydrogen (secondary N) is 4. The number of carbonyl (C=O) groups excluding carboxylic acids is 2. The van der Waals surface area contributed by atoms with Gasteiger partial charge in [0.15, 0.2) is 12.6 Å². The molecule has 6 nitrogen and oxygen atoms in total. The summed E-state index contributed by atoms with van der Waals surface area (Å²) in [6.45, 7) is 6.74. The van der Waals surface area contributed by atoms with Crippen LogP contribution in [0.5, 0.6) is 0 Å². The van der Waals surface area contributed by atoms with Gasteiger partial charge in [-0.1, -0.05) is 35.4 Å². The number of amides is 2. The average Bonchev–Trinajstić information content (AvgIpc) is 2.76. The molecule has 1 atom stereocenters. The number of rotatable bonds is 8. The molecule has 0 aromatic heterocycles. The zero-order valence-corrected chi connectivity index (χ0v) is 18.7. The molecule has 0 spiro atoms. The molecule has 0 unspecified atom stereocenters. The van der Waals surface area contributed by atoms with Crippen molar-refractivity contribution in [3.05, 3.63) is 40.9 Å². The largest absolute Gasteiger partial charge is 0.351 e. The Labute approximate surface area is 184 Å². The number of anilines is 1. The third-order valence-corrected chi connectivity index (χ3v) is 6.62. The number of hydrogen-bond acceptors (Lipinski definition) is 2. The van der Waals surface area contributed by atoms with Gasteiger partial charge in [-0.25, -0.2) is 0 Å². The number of allylic oxidation sites excluding steroid dienone is 1. The number of halogens is 1. The van der Waals surface area contributed by atoms with E-state index in [1.165, 1.54) is 41.1 Å². The molecule has 7 heteroatoms. The maximum Gasteiger partial charge on any atom is 0.279 e. The Balaban J connectivity index is 1.35. The molecule has 4 N–H and O–H groups in total. The van der Waals surface area contributed by atoms with Crippen LogP contribution in [0.4, 0.5) is 5.69 Å². The van der Waals surface area contributed by atoms with Gasteiger partial charge in [0.25, 0.3) is 11.8 Å². The van der Waals surface area contributed by atoms with Gasteiger partial charge in [0, 0.05) is 6.54 Å². The summed E-state index contributed by atoms with van der Waals surface area (Å²) in [5, 5.41) is 6.56. The van der Waals surface area contributed by atoms with E-state index in [1.807, 2.05) is 25.1 Å². The lowest BCUT2D eigenvalue weighted by atomic mass is 9.97. The van der Waals surface area contributed by atoms with Crippen molar-refractivity contribution in [1.82, 2.24) is 5.32 Å². The first-order chi connectivity index (χ1) is 14.5. The minimum Gasteiger partial charge on any atom is -0.351 e. The number of benzene rings is 1. The van der Waals surface area contributed by atoms with Crippen LogP contribution < -0.4 is 20.4 Å². The quantitative estimate of drug-likeness (QED) is 0.449. The molecular formula is C23H35ClN4O2+2. The second kappa shape index (κ2) is 11.5. The predicted octanol–water partition coefficient (Wildman–Crippen LogP) is 0.457. The summed E-state index contributed by atoms with van der Waals surface area (Å²) in [6.07, 6.45) is 8.27. The van der Waals surface area contributed by atoms with E-state index >= 15 is 0 Å². The van der Waals surface area contributed by atoms with Crippen LogP contribution in [0.25, 0.3) is 0 Å². The van der Waals surface area contributed by atoms with Crippen molar-refractivity contribution in [1.29, 1.82) is 0 Å². The zero-order valence-electron chi connectivity index (χ0n) is 17.9. The fourth-order valence-electron chi connectivity index (χ4n) is 4.33. The molecule has 1 aromatic carbocycles. The van der Waals surface area contributed by atoms with Crippen molar-refractivity contribution in [2.45, 2.75) is 45.1 Å². The fourth-order valence-corrected chi connectivity index (χ4v) is 4.52. The van der Waals surface area contributed by atoms with Crippen molar-refractivity contribution in [3.8, 4) is 0 Å². The average molecular weight is 435 g/mol. The van der Waals surface area contributed by atoms with Gasteiger partial charge in [-0.3, -0.25) is 9.59 Å². The molecule has 0 radical (unpaired) electrons. The highest BCUT2D eigenvalue weighted by Gasteiger charge is 2.31.